The minimum Gasteiger partial charge on any atom is -0.494 e. The molecule has 1 aliphatic carbocycles. The second kappa shape index (κ2) is 6.06. The van der Waals surface area contributed by atoms with E-state index in [1.54, 1.807) is 11.3 Å². The van der Waals surface area contributed by atoms with Gasteiger partial charge in [-0.25, -0.2) is 0 Å². The Morgan fingerprint density at radius 3 is 3.15 bits per heavy atom. The first-order valence-corrected chi connectivity index (χ1v) is 8.23. The van der Waals surface area contributed by atoms with Crippen molar-refractivity contribution in [3.8, 4) is 5.75 Å². The molecule has 4 heteroatoms. The van der Waals surface area contributed by atoms with Crippen LogP contribution in [0.15, 0.2) is 30.3 Å². The van der Waals surface area contributed by atoms with Crippen LogP contribution in [-0.2, 0) is 6.42 Å². The van der Waals surface area contributed by atoms with E-state index in [0.717, 1.165) is 28.6 Å². The van der Waals surface area contributed by atoms with Crippen molar-refractivity contribution in [2.75, 3.05) is 11.9 Å². The van der Waals surface area contributed by atoms with Gasteiger partial charge >= 0.3 is 0 Å². The summed E-state index contributed by atoms with van der Waals surface area (Å²) in [5.41, 5.74) is 2.48. The average Bonchev–Trinajstić information content (AvgIpc) is 2.81. The van der Waals surface area contributed by atoms with Crippen LogP contribution in [0.2, 0.25) is 4.34 Å². The molecule has 0 bridgehead atoms. The Balaban J connectivity index is 1.80. The highest BCUT2D eigenvalue weighted by atomic mass is 35.5. The molecule has 0 radical (unpaired) electrons. The van der Waals surface area contributed by atoms with E-state index in [9.17, 15) is 0 Å². The van der Waals surface area contributed by atoms with Crippen LogP contribution >= 0.6 is 22.9 Å². The fourth-order valence-electron chi connectivity index (χ4n) is 2.71. The Kier molecular flexibility index (Phi) is 4.18. The van der Waals surface area contributed by atoms with E-state index < -0.39 is 0 Å². The van der Waals surface area contributed by atoms with Crippen molar-refractivity contribution in [3.05, 3.63) is 45.1 Å². The molecule has 1 aromatic carbocycles. The quantitative estimate of drug-likeness (QED) is 0.828. The summed E-state index contributed by atoms with van der Waals surface area (Å²) in [6.45, 7) is 2.69. The highest BCUT2D eigenvalue weighted by Gasteiger charge is 2.22. The van der Waals surface area contributed by atoms with Crippen LogP contribution < -0.4 is 10.1 Å². The van der Waals surface area contributed by atoms with Crippen molar-refractivity contribution >= 4 is 28.6 Å². The fraction of sp³-hybridized carbons (Fsp3) is 0.375. The van der Waals surface area contributed by atoms with E-state index in [1.165, 1.54) is 16.9 Å². The standard InChI is InChI=1S/C16H18ClNOS/c1-2-19-12-6-3-5-11(9-12)18-14-7-4-8-15-13(14)10-16(17)20-15/h3,5-6,9-10,14,18H,2,4,7-8H2,1H3. The van der Waals surface area contributed by atoms with Crippen LogP contribution in [0.5, 0.6) is 5.75 Å². The first-order chi connectivity index (χ1) is 9.76. The molecule has 20 heavy (non-hydrogen) atoms. The Morgan fingerprint density at radius 1 is 1.40 bits per heavy atom. The maximum absolute atomic E-state index is 6.16. The number of hydrogen-bond donors (Lipinski definition) is 1. The zero-order valence-electron chi connectivity index (χ0n) is 11.5. The molecule has 106 valence electrons. The van der Waals surface area contributed by atoms with Crippen molar-refractivity contribution in [1.29, 1.82) is 0 Å². The molecular formula is C16H18ClNOS. The van der Waals surface area contributed by atoms with Crippen LogP contribution in [0.4, 0.5) is 5.69 Å². The lowest BCUT2D eigenvalue weighted by atomic mass is 9.94. The van der Waals surface area contributed by atoms with E-state index in [-0.39, 0.29) is 0 Å². The Morgan fingerprint density at radius 2 is 2.30 bits per heavy atom. The number of benzene rings is 1. The highest BCUT2D eigenvalue weighted by Crippen LogP contribution is 2.39. The van der Waals surface area contributed by atoms with Gasteiger partial charge in [-0.1, -0.05) is 17.7 Å². The molecule has 2 aromatic rings. The van der Waals surface area contributed by atoms with Gasteiger partial charge in [-0.05, 0) is 49.9 Å². The second-order valence-corrected chi connectivity index (χ2v) is 6.75. The van der Waals surface area contributed by atoms with Crippen LogP contribution in [0, 0.1) is 0 Å². The number of fused-ring (bicyclic) bond motifs is 1. The lowest BCUT2D eigenvalue weighted by molar-refractivity contribution is 0.340. The van der Waals surface area contributed by atoms with Crippen LogP contribution in [0.25, 0.3) is 0 Å². The van der Waals surface area contributed by atoms with Crippen LogP contribution in [0.1, 0.15) is 36.2 Å². The lowest BCUT2D eigenvalue weighted by Gasteiger charge is -2.24. The molecule has 0 aliphatic heterocycles. The van der Waals surface area contributed by atoms with Crippen LogP contribution in [-0.4, -0.2) is 6.61 Å². The summed E-state index contributed by atoms with van der Waals surface area (Å²) in [7, 11) is 0. The molecule has 1 unspecified atom stereocenters. The summed E-state index contributed by atoms with van der Waals surface area (Å²) in [5, 5.41) is 3.62. The Hall–Kier alpha value is -1.19. The van der Waals surface area contributed by atoms with Crippen molar-refractivity contribution in [2.24, 2.45) is 0 Å². The summed E-state index contributed by atoms with van der Waals surface area (Å²) >= 11 is 7.87. The molecule has 3 rings (SSSR count). The van der Waals surface area contributed by atoms with Gasteiger partial charge in [0.25, 0.3) is 0 Å². The topological polar surface area (TPSA) is 21.3 Å². The second-order valence-electron chi connectivity index (χ2n) is 4.98. The molecule has 2 nitrogen and oxygen atoms in total. The van der Waals surface area contributed by atoms with Crippen LogP contribution in [0.3, 0.4) is 0 Å². The maximum atomic E-state index is 6.16. The third-order valence-electron chi connectivity index (χ3n) is 3.57. The molecule has 1 atom stereocenters. The van der Waals surface area contributed by atoms with Gasteiger partial charge < -0.3 is 10.1 Å². The van der Waals surface area contributed by atoms with Gasteiger partial charge in [0.15, 0.2) is 0 Å². The van der Waals surface area contributed by atoms with Crippen molar-refractivity contribution < 1.29 is 4.74 Å². The summed E-state index contributed by atoms with van der Waals surface area (Å²) in [5.74, 6) is 0.914. The third kappa shape index (κ3) is 2.94. The summed E-state index contributed by atoms with van der Waals surface area (Å²) < 4.78 is 6.45. The fourth-order valence-corrected chi connectivity index (χ4v) is 4.10. The molecule has 1 heterocycles. The van der Waals surface area contributed by atoms with Gasteiger partial charge in [0, 0.05) is 16.6 Å². The van der Waals surface area contributed by atoms with Gasteiger partial charge in [-0.15, -0.1) is 11.3 Å². The van der Waals surface area contributed by atoms with E-state index >= 15 is 0 Å². The van der Waals surface area contributed by atoms with E-state index in [0.29, 0.717) is 12.6 Å². The van der Waals surface area contributed by atoms with Gasteiger partial charge in [0.05, 0.1) is 17.0 Å². The smallest absolute Gasteiger partial charge is 0.121 e. The number of halogens is 1. The lowest BCUT2D eigenvalue weighted by Crippen LogP contribution is -2.15. The largest absolute Gasteiger partial charge is 0.494 e. The summed E-state index contributed by atoms with van der Waals surface area (Å²) in [6, 6.07) is 10.6. The van der Waals surface area contributed by atoms with Crippen molar-refractivity contribution in [1.82, 2.24) is 0 Å². The minimum absolute atomic E-state index is 0.361. The van der Waals surface area contributed by atoms with Gasteiger partial charge in [0.2, 0.25) is 0 Å². The van der Waals surface area contributed by atoms with Crippen molar-refractivity contribution in [2.45, 2.75) is 32.2 Å². The molecule has 0 saturated heterocycles. The summed E-state index contributed by atoms with van der Waals surface area (Å²) in [4.78, 5) is 1.43. The van der Waals surface area contributed by atoms with Crippen molar-refractivity contribution in [3.63, 3.8) is 0 Å². The zero-order chi connectivity index (χ0) is 13.9. The number of nitrogens with one attached hydrogen (secondary N) is 1. The minimum atomic E-state index is 0.361. The number of hydrogen-bond acceptors (Lipinski definition) is 3. The molecule has 0 saturated carbocycles. The molecule has 0 fully saturated rings. The third-order valence-corrected chi connectivity index (χ3v) is 4.91. The predicted octanol–water partition coefficient (Wildman–Crippen LogP) is 5.29. The number of anilines is 1. The molecule has 1 N–H and O–H groups in total. The van der Waals surface area contributed by atoms with Gasteiger partial charge in [-0.2, -0.15) is 0 Å². The molecule has 0 spiro atoms. The molecule has 0 amide bonds. The predicted molar refractivity (Wildman–Crippen MR) is 86.2 cm³/mol. The molecule has 1 aliphatic rings. The molecular weight excluding hydrogens is 290 g/mol. The Labute approximate surface area is 128 Å². The average molecular weight is 308 g/mol. The van der Waals surface area contributed by atoms with E-state index in [2.05, 4.69) is 23.5 Å². The number of thiophene rings is 1. The van der Waals surface area contributed by atoms with E-state index in [1.807, 2.05) is 19.1 Å². The normalized spacial score (nSPS) is 17.6. The number of rotatable bonds is 4. The summed E-state index contributed by atoms with van der Waals surface area (Å²) in [6.07, 6.45) is 3.52. The monoisotopic (exact) mass is 307 g/mol. The maximum Gasteiger partial charge on any atom is 0.121 e. The van der Waals surface area contributed by atoms with Gasteiger partial charge in [-0.3, -0.25) is 0 Å². The van der Waals surface area contributed by atoms with E-state index in [4.69, 9.17) is 16.3 Å². The number of aryl methyl sites for hydroxylation is 1. The number of ether oxygens (including phenoxy) is 1. The zero-order valence-corrected chi connectivity index (χ0v) is 13.1. The Bertz CT molecular complexity index is 596. The first kappa shape index (κ1) is 13.8. The molecule has 1 aromatic heterocycles. The first-order valence-electron chi connectivity index (χ1n) is 7.04. The SMILES string of the molecule is CCOc1cccc(NC2CCCc3sc(Cl)cc32)c1. The van der Waals surface area contributed by atoms with Gasteiger partial charge in [0.1, 0.15) is 5.75 Å². The highest BCUT2D eigenvalue weighted by molar-refractivity contribution is 7.16.